The second kappa shape index (κ2) is 6.17. The number of nitrogens with one attached hydrogen (secondary N) is 1. The number of allylic oxidation sites excluding steroid dienone is 2. The lowest BCUT2D eigenvalue weighted by Crippen LogP contribution is -2.17. The Bertz CT molecular complexity index is 429. The van der Waals surface area contributed by atoms with E-state index in [-0.39, 0.29) is 17.3 Å². The molecule has 0 bridgehead atoms. The van der Waals surface area contributed by atoms with E-state index >= 15 is 0 Å². The van der Waals surface area contributed by atoms with Crippen molar-refractivity contribution in [2.45, 2.75) is 19.3 Å². The number of nitrogens with two attached hydrogens (primary N) is 1. The Balaban J connectivity index is 1.88. The summed E-state index contributed by atoms with van der Waals surface area (Å²) in [6.07, 6.45) is 4.43. The molecule has 0 amide bonds. The van der Waals surface area contributed by atoms with Crippen molar-refractivity contribution in [3.63, 3.8) is 0 Å². The van der Waals surface area contributed by atoms with E-state index in [9.17, 15) is 9.59 Å². The van der Waals surface area contributed by atoms with E-state index < -0.39 is 0 Å². The van der Waals surface area contributed by atoms with Gasteiger partial charge in [-0.3, -0.25) is 9.59 Å². The van der Waals surface area contributed by atoms with Crippen LogP contribution in [0.2, 0.25) is 0 Å². The zero-order valence-electron chi connectivity index (χ0n) is 10.0. The van der Waals surface area contributed by atoms with Crippen LogP contribution in [-0.4, -0.2) is 30.4 Å². The lowest BCUT2D eigenvalue weighted by molar-refractivity contribution is -0.117. The number of rotatable bonds is 6. The fourth-order valence-corrected chi connectivity index (χ4v) is 2.83. The molecule has 3 N–H and O–H groups in total. The normalized spacial score (nSPS) is 18.8. The first kappa shape index (κ1) is 13.3. The second-order valence-electron chi connectivity index (χ2n) is 4.13. The third-order valence-corrected chi connectivity index (χ3v) is 3.89. The Morgan fingerprint density at radius 3 is 2.94 bits per heavy atom. The minimum absolute atomic E-state index is 0.0848. The van der Waals surface area contributed by atoms with Crippen molar-refractivity contribution < 1.29 is 14.4 Å². The number of Topliss-reactive ketones (excluding diaryl/α,β-unsaturated/α-hetero) is 1. The molecule has 0 aromatic rings. The van der Waals surface area contributed by atoms with Crippen LogP contribution in [0.15, 0.2) is 22.3 Å². The van der Waals surface area contributed by atoms with Crippen LogP contribution < -0.4 is 11.2 Å². The van der Waals surface area contributed by atoms with Gasteiger partial charge in [0, 0.05) is 6.08 Å². The number of carbonyl (C=O) groups excluding carboxylic acids is 2. The SMILES string of the molecule is NCCCCCSC1=CC(=O)C2=C(CNO2)C1=O. The maximum atomic E-state index is 12.0. The molecule has 98 valence electrons. The highest BCUT2D eigenvalue weighted by atomic mass is 32.2. The number of unbranched alkanes of at least 4 members (excludes halogenated alkanes) is 2. The molecule has 0 aromatic heterocycles. The van der Waals surface area contributed by atoms with Gasteiger partial charge >= 0.3 is 0 Å². The van der Waals surface area contributed by atoms with Crippen LogP contribution in [0.25, 0.3) is 0 Å². The molecule has 0 spiro atoms. The number of hydrogen-bond acceptors (Lipinski definition) is 6. The molecule has 0 unspecified atom stereocenters. The van der Waals surface area contributed by atoms with Crippen LogP contribution in [0, 0.1) is 0 Å². The minimum atomic E-state index is -0.223. The number of carbonyl (C=O) groups is 2. The summed E-state index contributed by atoms with van der Waals surface area (Å²) in [5.41, 5.74) is 8.42. The molecule has 2 aliphatic rings. The first-order valence-electron chi connectivity index (χ1n) is 6.00. The highest BCUT2D eigenvalue weighted by Crippen LogP contribution is 2.29. The number of hydroxylamine groups is 1. The summed E-state index contributed by atoms with van der Waals surface area (Å²) >= 11 is 1.44. The third-order valence-electron chi connectivity index (χ3n) is 2.79. The van der Waals surface area contributed by atoms with Gasteiger partial charge in [0.25, 0.3) is 0 Å². The molecule has 5 nitrogen and oxygen atoms in total. The Morgan fingerprint density at radius 1 is 1.33 bits per heavy atom. The van der Waals surface area contributed by atoms with Crippen molar-refractivity contribution >= 4 is 23.3 Å². The summed E-state index contributed by atoms with van der Waals surface area (Å²) in [4.78, 5) is 29.2. The molecule has 0 saturated heterocycles. The molecule has 0 saturated carbocycles. The molecule has 6 heteroatoms. The third kappa shape index (κ3) is 2.82. The summed E-state index contributed by atoms with van der Waals surface area (Å²) < 4.78 is 0. The smallest absolute Gasteiger partial charge is 0.224 e. The summed E-state index contributed by atoms with van der Waals surface area (Å²) in [5, 5.41) is 0. The molecule has 0 radical (unpaired) electrons. The van der Waals surface area contributed by atoms with E-state index in [1.54, 1.807) is 0 Å². The average Bonchev–Trinajstić information content (AvgIpc) is 2.84. The van der Waals surface area contributed by atoms with Crippen molar-refractivity contribution in [2.75, 3.05) is 18.8 Å². The van der Waals surface area contributed by atoms with E-state index in [1.807, 2.05) is 0 Å². The van der Waals surface area contributed by atoms with Gasteiger partial charge in [-0.15, -0.1) is 11.8 Å². The van der Waals surface area contributed by atoms with E-state index in [4.69, 9.17) is 10.6 Å². The quantitative estimate of drug-likeness (QED) is 0.544. The van der Waals surface area contributed by atoms with Gasteiger partial charge in [0.15, 0.2) is 0 Å². The van der Waals surface area contributed by atoms with Gasteiger partial charge < -0.3 is 10.6 Å². The first-order valence-corrected chi connectivity index (χ1v) is 6.99. The van der Waals surface area contributed by atoms with Crippen molar-refractivity contribution in [1.82, 2.24) is 5.48 Å². The zero-order chi connectivity index (χ0) is 13.0. The highest BCUT2D eigenvalue weighted by Gasteiger charge is 2.33. The number of hydrogen-bond donors (Lipinski definition) is 2. The molecule has 1 aliphatic heterocycles. The molecule has 1 heterocycles. The van der Waals surface area contributed by atoms with E-state index in [0.29, 0.717) is 23.6 Å². The van der Waals surface area contributed by atoms with Gasteiger partial charge in [-0.05, 0) is 25.1 Å². The van der Waals surface area contributed by atoms with Gasteiger partial charge in [0.05, 0.1) is 17.0 Å². The molecule has 1 aliphatic carbocycles. The molecule has 0 aromatic carbocycles. The molecule has 2 rings (SSSR count). The zero-order valence-corrected chi connectivity index (χ0v) is 10.8. The highest BCUT2D eigenvalue weighted by molar-refractivity contribution is 8.04. The summed E-state index contributed by atoms with van der Waals surface area (Å²) in [5.74, 6) is 0.687. The molecular formula is C12H16N2O3S. The molecule has 0 fully saturated rings. The number of ketones is 2. The Hall–Kier alpha value is -1.11. The summed E-state index contributed by atoms with van der Waals surface area (Å²) in [7, 11) is 0. The van der Waals surface area contributed by atoms with Crippen LogP contribution in [0.5, 0.6) is 0 Å². The molecular weight excluding hydrogens is 252 g/mol. The van der Waals surface area contributed by atoms with E-state index in [1.165, 1.54) is 17.8 Å². The largest absolute Gasteiger partial charge is 0.404 e. The van der Waals surface area contributed by atoms with Gasteiger partial charge in [-0.1, -0.05) is 6.42 Å². The monoisotopic (exact) mass is 268 g/mol. The predicted molar refractivity (Wildman–Crippen MR) is 69.6 cm³/mol. The Morgan fingerprint density at radius 2 is 2.17 bits per heavy atom. The van der Waals surface area contributed by atoms with Gasteiger partial charge in [0.1, 0.15) is 0 Å². The minimum Gasteiger partial charge on any atom is -0.404 e. The maximum absolute atomic E-state index is 12.0. The first-order chi connectivity index (χ1) is 8.74. The average molecular weight is 268 g/mol. The van der Waals surface area contributed by atoms with Gasteiger partial charge in [-0.25, -0.2) is 0 Å². The Labute approximate surface area is 110 Å². The van der Waals surface area contributed by atoms with Crippen LogP contribution in [0.1, 0.15) is 19.3 Å². The Kier molecular flexibility index (Phi) is 4.57. The van der Waals surface area contributed by atoms with Crippen molar-refractivity contribution in [3.8, 4) is 0 Å². The lowest BCUT2D eigenvalue weighted by atomic mass is 10.0. The second-order valence-corrected chi connectivity index (χ2v) is 5.27. The van der Waals surface area contributed by atoms with Crippen LogP contribution >= 0.6 is 11.8 Å². The predicted octanol–water partition coefficient (Wildman–Crippen LogP) is 0.673. The lowest BCUT2D eigenvalue weighted by Gasteiger charge is -2.11. The fourth-order valence-electron chi connectivity index (χ4n) is 1.82. The van der Waals surface area contributed by atoms with Gasteiger partial charge in [0.2, 0.25) is 17.3 Å². The van der Waals surface area contributed by atoms with Crippen LogP contribution in [0.4, 0.5) is 0 Å². The maximum Gasteiger partial charge on any atom is 0.224 e. The van der Waals surface area contributed by atoms with E-state index in [0.717, 1.165) is 25.0 Å². The van der Waals surface area contributed by atoms with Crippen molar-refractivity contribution in [1.29, 1.82) is 0 Å². The van der Waals surface area contributed by atoms with Crippen molar-refractivity contribution in [3.05, 3.63) is 22.3 Å². The molecule has 18 heavy (non-hydrogen) atoms. The summed E-state index contributed by atoms with van der Waals surface area (Å²) in [6.45, 7) is 1.01. The number of thioether (sulfide) groups is 1. The van der Waals surface area contributed by atoms with Crippen LogP contribution in [0.3, 0.4) is 0 Å². The molecule has 0 atom stereocenters. The summed E-state index contributed by atoms with van der Waals surface area (Å²) in [6, 6.07) is 0. The fraction of sp³-hybridized carbons (Fsp3) is 0.500. The van der Waals surface area contributed by atoms with E-state index in [2.05, 4.69) is 5.48 Å². The van der Waals surface area contributed by atoms with Crippen molar-refractivity contribution in [2.24, 2.45) is 5.73 Å². The van der Waals surface area contributed by atoms with Gasteiger partial charge in [-0.2, -0.15) is 5.48 Å². The topological polar surface area (TPSA) is 81.4 Å². The standard InChI is InChI=1S/C12H16N2O3S/c13-4-2-1-3-5-18-10-6-9(15)12-8(11(10)16)7-14-17-12/h6,14H,1-5,7,13H2. The van der Waals surface area contributed by atoms with Crippen LogP contribution in [-0.2, 0) is 14.4 Å².